The highest BCUT2D eigenvalue weighted by Gasteiger charge is 2.58. The maximum absolute atomic E-state index is 14.5. The molecule has 0 saturated carbocycles. The van der Waals surface area contributed by atoms with Gasteiger partial charge in [0.25, 0.3) is 0 Å². The van der Waals surface area contributed by atoms with Crippen molar-refractivity contribution in [2.45, 2.75) is 82.1 Å². The van der Waals surface area contributed by atoms with Crippen molar-refractivity contribution in [1.82, 2.24) is 24.9 Å². The smallest absolute Gasteiger partial charge is 0.411 e. The summed E-state index contributed by atoms with van der Waals surface area (Å²) in [6, 6.07) is 25.4. The monoisotopic (exact) mass is 731 g/mol. The molecule has 5 atom stereocenters. The number of carbonyl (C=O) groups excluding carboxylic acids is 4. The molecule has 3 aromatic rings. The van der Waals surface area contributed by atoms with Gasteiger partial charge in [0.15, 0.2) is 0 Å². The maximum Gasteiger partial charge on any atom is 0.411 e. The van der Waals surface area contributed by atoms with Crippen molar-refractivity contribution in [3.05, 3.63) is 114 Å². The molecule has 0 radical (unpaired) electrons. The summed E-state index contributed by atoms with van der Waals surface area (Å²) in [7, 11) is 0. The van der Waals surface area contributed by atoms with Crippen molar-refractivity contribution in [2.75, 3.05) is 39.3 Å². The number of nitrogens with zero attached hydrogens (tertiary/aromatic N) is 4. The SMILES string of the molecule is C[C@H](NC(=O)[C@@H](CC(=O)N1CCC(CCN2CCCCC2)CC1)N1C(=O)[C@@H](N2C(=O)OC[C@@H]2c2ccccc2)[C@H]1C=Cc1ccccc1)c1ccccc1. The van der Waals surface area contributed by atoms with Crippen LogP contribution in [-0.2, 0) is 19.1 Å². The second-order valence-corrected chi connectivity index (χ2v) is 15.2. The van der Waals surface area contributed by atoms with Crippen LogP contribution in [0, 0.1) is 5.92 Å². The number of β-lactam (4-membered cyclic amide) rings is 1. The minimum atomic E-state index is -1.08. The van der Waals surface area contributed by atoms with Gasteiger partial charge in [-0.25, -0.2) is 4.79 Å². The van der Waals surface area contributed by atoms with Crippen molar-refractivity contribution in [3.8, 4) is 0 Å². The Balaban J connectivity index is 1.13. The van der Waals surface area contributed by atoms with Crippen LogP contribution in [0.2, 0.25) is 0 Å². The molecule has 0 aromatic heterocycles. The predicted molar refractivity (Wildman–Crippen MR) is 208 cm³/mol. The number of ether oxygens (including phenoxy) is 1. The molecule has 54 heavy (non-hydrogen) atoms. The number of carbonyl (C=O) groups is 4. The van der Waals surface area contributed by atoms with Crippen LogP contribution in [-0.4, -0.2) is 101 Å². The second-order valence-electron chi connectivity index (χ2n) is 15.2. The first-order valence-electron chi connectivity index (χ1n) is 19.8. The topological polar surface area (TPSA) is 103 Å². The fraction of sp³-hybridized carbons (Fsp3) is 0.455. The number of nitrogens with one attached hydrogen (secondary N) is 1. The van der Waals surface area contributed by atoms with Crippen LogP contribution >= 0.6 is 0 Å². The summed E-state index contributed by atoms with van der Waals surface area (Å²) in [6.07, 6.45) is 9.99. The molecule has 4 saturated heterocycles. The molecule has 4 fully saturated rings. The molecule has 10 heteroatoms. The third-order valence-electron chi connectivity index (χ3n) is 11.8. The first-order chi connectivity index (χ1) is 26.4. The molecule has 4 amide bonds. The Morgan fingerprint density at radius 3 is 2.19 bits per heavy atom. The predicted octanol–water partition coefficient (Wildman–Crippen LogP) is 6.22. The summed E-state index contributed by atoms with van der Waals surface area (Å²) in [5.74, 6) is -0.342. The van der Waals surface area contributed by atoms with E-state index in [0.29, 0.717) is 19.0 Å². The van der Waals surface area contributed by atoms with Gasteiger partial charge in [-0.2, -0.15) is 0 Å². The van der Waals surface area contributed by atoms with E-state index < -0.39 is 36.2 Å². The zero-order valence-electron chi connectivity index (χ0n) is 31.3. The third-order valence-corrected chi connectivity index (χ3v) is 11.8. The quantitative estimate of drug-likeness (QED) is 0.210. The molecular weight excluding hydrogens is 679 g/mol. The molecule has 284 valence electrons. The third kappa shape index (κ3) is 8.54. The largest absolute Gasteiger partial charge is 0.447 e. The van der Waals surface area contributed by atoms with Gasteiger partial charge in [0.1, 0.15) is 18.7 Å². The normalized spacial score (nSPS) is 23.6. The van der Waals surface area contributed by atoms with E-state index in [9.17, 15) is 19.2 Å². The number of amides is 4. The lowest BCUT2D eigenvalue weighted by Gasteiger charge is -2.52. The van der Waals surface area contributed by atoms with E-state index >= 15 is 0 Å². The summed E-state index contributed by atoms with van der Waals surface area (Å²) in [4.78, 5) is 63.9. The number of rotatable bonds is 13. The number of likely N-dealkylation sites (tertiary alicyclic amines) is 3. The zero-order chi connectivity index (χ0) is 37.4. The van der Waals surface area contributed by atoms with E-state index in [4.69, 9.17) is 4.74 Å². The van der Waals surface area contributed by atoms with Gasteiger partial charge in [-0.1, -0.05) is 110 Å². The first-order valence-corrected chi connectivity index (χ1v) is 19.8. The highest BCUT2D eigenvalue weighted by atomic mass is 16.6. The van der Waals surface area contributed by atoms with Gasteiger partial charge < -0.3 is 24.8 Å². The molecule has 4 aliphatic heterocycles. The van der Waals surface area contributed by atoms with Crippen molar-refractivity contribution < 1.29 is 23.9 Å². The summed E-state index contributed by atoms with van der Waals surface area (Å²) in [5.41, 5.74) is 2.69. The van der Waals surface area contributed by atoms with Gasteiger partial charge in [-0.05, 0) is 81.3 Å². The van der Waals surface area contributed by atoms with E-state index in [-0.39, 0.29) is 30.9 Å². The Morgan fingerprint density at radius 2 is 1.50 bits per heavy atom. The number of hydrogen-bond donors (Lipinski definition) is 1. The van der Waals surface area contributed by atoms with Crippen molar-refractivity contribution in [3.63, 3.8) is 0 Å². The Morgan fingerprint density at radius 1 is 0.852 bits per heavy atom. The Labute approximate surface area is 319 Å². The van der Waals surface area contributed by atoms with Crippen molar-refractivity contribution in [2.24, 2.45) is 5.92 Å². The first kappa shape index (κ1) is 37.4. The standard InChI is InChI=1S/C44H53N5O5/c1-32(35-16-8-3-9-17-35)45-42(51)38(30-40(50)47-28-23-34(24-29-47)22-27-46-25-12-5-13-26-46)48-37(21-20-33-14-6-2-7-15-33)41(43(48)52)49-39(31-54-44(49)53)36-18-10-4-11-19-36/h2-4,6-11,14-21,32,34,37-39,41H,5,12-13,22-31H2,1H3,(H,45,51)/t32-,37+,38+,39+,41-/m0/s1. The maximum atomic E-state index is 14.5. The van der Waals surface area contributed by atoms with Crippen molar-refractivity contribution >= 4 is 29.9 Å². The number of piperidine rings is 2. The lowest BCUT2D eigenvalue weighted by molar-refractivity contribution is -0.164. The van der Waals surface area contributed by atoms with Gasteiger partial charge in [0, 0.05) is 13.1 Å². The number of cyclic esters (lactones) is 1. The Hall–Kier alpha value is -4.96. The molecule has 7 rings (SSSR count). The minimum absolute atomic E-state index is 0.118. The average Bonchev–Trinajstić information content (AvgIpc) is 3.59. The molecule has 10 nitrogen and oxygen atoms in total. The van der Waals surface area contributed by atoms with Crippen LogP contribution in [0.15, 0.2) is 97.1 Å². The highest BCUT2D eigenvalue weighted by molar-refractivity contribution is 5.99. The summed E-state index contributed by atoms with van der Waals surface area (Å²) >= 11 is 0. The van der Waals surface area contributed by atoms with E-state index in [2.05, 4.69) is 10.2 Å². The number of benzene rings is 3. The van der Waals surface area contributed by atoms with Crippen LogP contribution in [0.5, 0.6) is 0 Å². The van der Waals surface area contributed by atoms with E-state index in [1.165, 1.54) is 42.2 Å². The van der Waals surface area contributed by atoms with Gasteiger partial charge in [-0.15, -0.1) is 0 Å². The lowest BCUT2D eigenvalue weighted by Crippen LogP contribution is -2.74. The van der Waals surface area contributed by atoms with Crippen LogP contribution in [0.1, 0.15) is 80.6 Å². The van der Waals surface area contributed by atoms with E-state index in [0.717, 1.165) is 42.5 Å². The average molecular weight is 732 g/mol. The molecule has 0 aliphatic carbocycles. The summed E-state index contributed by atoms with van der Waals surface area (Å²) in [5, 5.41) is 3.11. The minimum Gasteiger partial charge on any atom is -0.447 e. The Bertz CT molecular complexity index is 1760. The van der Waals surface area contributed by atoms with Crippen LogP contribution < -0.4 is 5.32 Å². The van der Waals surface area contributed by atoms with Crippen LogP contribution in [0.3, 0.4) is 0 Å². The second kappa shape index (κ2) is 17.5. The van der Waals surface area contributed by atoms with E-state index in [1.54, 1.807) is 0 Å². The van der Waals surface area contributed by atoms with Gasteiger partial charge in [0.05, 0.1) is 24.5 Å². The fourth-order valence-corrected chi connectivity index (χ4v) is 8.57. The molecule has 4 aliphatic rings. The van der Waals surface area contributed by atoms with Gasteiger partial charge >= 0.3 is 6.09 Å². The van der Waals surface area contributed by atoms with Crippen LogP contribution in [0.25, 0.3) is 6.08 Å². The van der Waals surface area contributed by atoms with Gasteiger partial charge in [-0.3, -0.25) is 19.3 Å². The molecule has 0 bridgehead atoms. The van der Waals surface area contributed by atoms with E-state index in [1.807, 2.05) is 115 Å². The molecule has 1 N–H and O–H groups in total. The van der Waals surface area contributed by atoms with Crippen LogP contribution in [0.4, 0.5) is 4.79 Å². The number of hydrogen-bond acceptors (Lipinski definition) is 6. The molecule has 0 spiro atoms. The highest BCUT2D eigenvalue weighted by Crippen LogP contribution is 2.39. The summed E-state index contributed by atoms with van der Waals surface area (Å²) in [6.45, 7) is 6.80. The molecule has 4 heterocycles. The summed E-state index contributed by atoms with van der Waals surface area (Å²) < 4.78 is 5.55. The Kier molecular flexibility index (Phi) is 12.1. The van der Waals surface area contributed by atoms with Gasteiger partial charge in [0.2, 0.25) is 17.7 Å². The fourth-order valence-electron chi connectivity index (χ4n) is 8.57. The molecule has 3 aromatic carbocycles. The molecular formula is C44H53N5O5. The van der Waals surface area contributed by atoms with Crippen molar-refractivity contribution in [1.29, 1.82) is 0 Å². The zero-order valence-corrected chi connectivity index (χ0v) is 31.3. The lowest BCUT2D eigenvalue weighted by atomic mass is 9.87. The molecule has 0 unspecified atom stereocenters.